The Morgan fingerprint density at radius 3 is 1.03 bits per heavy atom. The Bertz CT molecular complexity index is 1200. The van der Waals surface area contributed by atoms with Gasteiger partial charge in [-0.25, -0.2) is 0 Å². The molecule has 6 nitrogen and oxygen atoms in total. The Kier molecular flexibility index (Phi) is 62.0. The van der Waals surface area contributed by atoms with E-state index in [9.17, 15) is 19.8 Å². The van der Waals surface area contributed by atoms with Crippen molar-refractivity contribution in [2.24, 2.45) is 0 Å². The van der Waals surface area contributed by atoms with Crippen molar-refractivity contribution in [2.75, 3.05) is 13.2 Å². The van der Waals surface area contributed by atoms with Crippen molar-refractivity contribution in [3.8, 4) is 0 Å². The average molecular weight is 1040 g/mol. The maximum Gasteiger partial charge on any atom is 0.305 e. The first-order chi connectivity index (χ1) is 36.5. The van der Waals surface area contributed by atoms with Crippen molar-refractivity contribution in [1.82, 2.24) is 5.32 Å². The fraction of sp³-hybridized carbons (Fsp3) is 0.882. The summed E-state index contributed by atoms with van der Waals surface area (Å²) in [6.45, 7) is 4.89. The van der Waals surface area contributed by atoms with Crippen LogP contribution in [0.2, 0.25) is 0 Å². The molecule has 0 bridgehead atoms. The maximum absolute atomic E-state index is 12.4. The van der Waals surface area contributed by atoms with Crippen LogP contribution in [-0.4, -0.2) is 47.4 Å². The lowest BCUT2D eigenvalue weighted by Crippen LogP contribution is -2.45. The van der Waals surface area contributed by atoms with Crippen LogP contribution >= 0.6 is 0 Å². The molecule has 0 aromatic heterocycles. The van der Waals surface area contributed by atoms with Gasteiger partial charge in [0.1, 0.15) is 0 Å². The molecule has 1 amide bonds. The van der Waals surface area contributed by atoms with Crippen molar-refractivity contribution in [2.45, 2.75) is 373 Å². The van der Waals surface area contributed by atoms with Gasteiger partial charge in [-0.15, -0.1) is 0 Å². The Hall–Kier alpha value is -1.92. The predicted octanol–water partition coefficient (Wildman–Crippen LogP) is 21.1. The Morgan fingerprint density at radius 1 is 0.378 bits per heavy atom. The number of amides is 1. The molecule has 2 unspecified atom stereocenters. The molecule has 6 heteroatoms. The van der Waals surface area contributed by atoms with E-state index < -0.39 is 12.1 Å². The highest BCUT2D eigenvalue weighted by Gasteiger charge is 2.18. The number of carbonyl (C=O) groups excluding carboxylic acids is 2. The second-order valence-corrected chi connectivity index (χ2v) is 22.8. The molecule has 0 aliphatic heterocycles. The van der Waals surface area contributed by atoms with E-state index in [4.69, 9.17) is 4.74 Å². The molecule has 0 aliphatic rings. The number of aliphatic hydroxyl groups is 2. The maximum atomic E-state index is 12.4. The number of hydrogen-bond donors (Lipinski definition) is 3. The van der Waals surface area contributed by atoms with Gasteiger partial charge in [-0.2, -0.15) is 0 Å². The van der Waals surface area contributed by atoms with Crippen LogP contribution in [-0.2, 0) is 14.3 Å². The number of ether oxygens (including phenoxy) is 1. The zero-order valence-corrected chi connectivity index (χ0v) is 49.8. The first kappa shape index (κ1) is 72.1. The van der Waals surface area contributed by atoms with E-state index in [-0.39, 0.29) is 18.5 Å². The molecule has 436 valence electrons. The Balaban J connectivity index is 3.35. The minimum absolute atomic E-state index is 0.0181. The zero-order chi connectivity index (χ0) is 53.6. The van der Waals surface area contributed by atoms with Crippen LogP contribution in [0.25, 0.3) is 0 Å². The van der Waals surface area contributed by atoms with E-state index >= 15 is 0 Å². The van der Waals surface area contributed by atoms with Gasteiger partial charge in [-0.3, -0.25) is 9.59 Å². The Morgan fingerprint density at radius 2 is 0.676 bits per heavy atom. The fourth-order valence-electron chi connectivity index (χ4n) is 10.3. The summed E-state index contributed by atoms with van der Waals surface area (Å²) >= 11 is 0. The highest BCUT2D eigenvalue weighted by Crippen LogP contribution is 2.18. The molecule has 0 spiro atoms. The third-order valence-corrected chi connectivity index (χ3v) is 15.4. The number of unbranched alkanes of at least 4 members (excludes halogenated alkanes) is 47. The lowest BCUT2D eigenvalue weighted by Gasteiger charge is -2.20. The number of aliphatic hydroxyl groups excluding tert-OH is 2. The number of rotatable bonds is 62. The van der Waals surface area contributed by atoms with E-state index in [0.717, 1.165) is 44.9 Å². The van der Waals surface area contributed by atoms with Gasteiger partial charge in [0.25, 0.3) is 0 Å². The van der Waals surface area contributed by atoms with Crippen molar-refractivity contribution >= 4 is 11.9 Å². The minimum Gasteiger partial charge on any atom is -0.466 e. The molecule has 3 N–H and O–H groups in total. The molecule has 74 heavy (non-hydrogen) atoms. The summed E-state index contributed by atoms with van der Waals surface area (Å²) < 4.78 is 5.48. The fourth-order valence-corrected chi connectivity index (χ4v) is 10.3. The molecule has 0 aromatic carbocycles. The number of esters is 1. The van der Waals surface area contributed by atoms with E-state index in [1.165, 1.54) is 289 Å². The summed E-state index contributed by atoms with van der Waals surface area (Å²) in [5.74, 6) is -0.0493. The lowest BCUT2D eigenvalue weighted by molar-refractivity contribution is -0.143. The SMILES string of the molecule is CCCCCCCCC/C=C/C(O)C(CO)NC(=O)CCCCCCCCCCCCCCCCCCC/C=C\C/C=C\CCCCCCCCCCCCCOC(=O)CCCCCCCCCCCCCCC. The van der Waals surface area contributed by atoms with Gasteiger partial charge >= 0.3 is 5.97 Å². The van der Waals surface area contributed by atoms with Crippen LogP contribution in [0.5, 0.6) is 0 Å². The smallest absolute Gasteiger partial charge is 0.305 e. The van der Waals surface area contributed by atoms with Gasteiger partial charge in [0.15, 0.2) is 0 Å². The topological polar surface area (TPSA) is 95.9 Å². The van der Waals surface area contributed by atoms with Crippen molar-refractivity contribution in [3.63, 3.8) is 0 Å². The summed E-state index contributed by atoms with van der Waals surface area (Å²) in [7, 11) is 0. The van der Waals surface area contributed by atoms with Gasteiger partial charge in [0.2, 0.25) is 5.91 Å². The molecule has 0 radical (unpaired) electrons. The quantitative estimate of drug-likeness (QED) is 0.0320. The van der Waals surface area contributed by atoms with Gasteiger partial charge < -0.3 is 20.3 Å². The third kappa shape index (κ3) is 59.3. The molecule has 0 aliphatic carbocycles. The second-order valence-electron chi connectivity index (χ2n) is 22.8. The Labute approximate surface area is 462 Å². The van der Waals surface area contributed by atoms with E-state index in [0.29, 0.717) is 19.4 Å². The van der Waals surface area contributed by atoms with Crippen LogP contribution < -0.4 is 5.32 Å². The summed E-state index contributed by atoms with van der Waals surface area (Å²) in [5.41, 5.74) is 0. The number of allylic oxidation sites excluding steroid dienone is 5. The van der Waals surface area contributed by atoms with Crippen LogP contribution in [0.15, 0.2) is 36.5 Å². The molecule has 0 heterocycles. The molecule has 0 saturated carbocycles. The van der Waals surface area contributed by atoms with E-state index in [1.807, 2.05) is 6.08 Å². The lowest BCUT2D eigenvalue weighted by atomic mass is 10.0. The van der Waals surface area contributed by atoms with Crippen LogP contribution in [0.1, 0.15) is 361 Å². The van der Waals surface area contributed by atoms with E-state index in [1.54, 1.807) is 6.08 Å². The van der Waals surface area contributed by atoms with Crippen LogP contribution in [0.3, 0.4) is 0 Å². The van der Waals surface area contributed by atoms with Crippen LogP contribution in [0.4, 0.5) is 0 Å². The summed E-state index contributed by atoms with van der Waals surface area (Å²) in [6.07, 6.45) is 80.9. The molecular weight excluding hydrogens is 911 g/mol. The minimum atomic E-state index is -0.840. The summed E-state index contributed by atoms with van der Waals surface area (Å²) in [4.78, 5) is 24.4. The first-order valence-electron chi connectivity index (χ1n) is 33.3. The highest BCUT2D eigenvalue weighted by atomic mass is 16.5. The van der Waals surface area contributed by atoms with Crippen molar-refractivity contribution in [3.05, 3.63) is 36.5 Å². The molecular formula is C68H129NO5. The standard InChI is InChI=1S/C68H129NO5/c1-3-5-7-9-11-13-14-38-42-46-50-54-58-62-68(73)74-63-59-55-51-47-43-40-37-35-33-31-29-27-25-23-21-19-17-15-16-18-20-22-24-26-28-30-32-34-36-39-41-45-49-53-57-61-67(72)69-65(64-70)66(71)60-56-52-48-44-12-10-8-6-4-2/h17,19,23,25,56,60,65-66,70-71H,3-16,18,20-22,24,26-55,57-59,61-64H2,1-2H3,(H,69,72)/b19-17-,25-23-,60-56+. The van der Waals surface area contributed by atoms with E-state index in [2.05, 4.69) is 43.5 Å². The monoisotopic (exact) mass is 1040 g/mol. The highest BCUT2D eigenvalue weighted by molar-refractivity contribution is 5.76. The zero-order valence-electron chi connectivity index (χ0n) is 49.8. The largest absolute Gasteiger partial charge is 0.466 e. The first-order valence-corrected chi connectivity index (χ1v) is 33.3. The van der Waals surface area contributed by atoms with Gasteiger partial charge in [0, 0.05) is 12.8 Å². The molecule has 0 aromatic rings. The van der Waals surface area contributed by atoms with Crippen molar-refractivity contribution < 1.29 is 24.5 Å². The predicted molar refractivity (Wildman–Crippen MR) is 324 cm³/mol. The number of hydrogen-bond acceptors (Lipinski definition) is 5. The summed E-state index contributed by atoms with van der Waals surface area (Å²) in [6, 6.07) is -0.624. The van der Waals surface area contributed by atoms with Gasteiger partial charge in [-0.1, -0.05) is 320 Å². The molecule has 0 saturated heterocycles. The average Bonchev–Trinajstić information content (AvgIpc) is 3.40. The van der Waals surface area contributed by atoms with Crippen molar-refractivity contribution in [1.29, 1.82) is 0 Å². The summed E-state index contributed by atoms with van der Waals surface area (Å²) in [5, 5.41) is 23.0. The second kappa shape index (κ2) is 63.6. The normalized spacial score (nSPS) is 12.8. The number of carbonyl (C=O) groups is 2. The van der Waals surface area contributed by atoms with Crippen LogP contribution in [0, 0.1) is 0 Å². The van der Waals surface area contributed by atoms with Gasteiger partial charge in [0.05, 0.1) is 25.4 Å². The molecule has 2 atom stereocenters. The third-order valence-electron chi connectivity index (χ3n) is 15.4. The molecule has 0 rings (SSSR count). The van der Waals surface area contributed by atoms with Gasteiger partial charge in [-0.05, 0) is 64.2 Å². The number of nitrogens with one attached hydrogen (secondary N) is 1. The molecule has 0 fully saturated rings.